The SMILES string of the molecule is O=C(CCCN1C(=O)S/C(=C\c2ccccc2)C1=S)Nc1cccc(C(=O)[O-])c1. The van der Waals surface area contributed by atoms with Crippen molar-refractivity contribution in [3.8, 4) is 0 Å². The lowest BCUT2D eigenvalue weighted by Gasteiger charge is -2.14. The quantitative estimate of drug-likeness (QED) is 0.541. The number of rotatable bonds is 7. The van der Waals surface area contributed by atoms with Crippen LogP contribution >= 0.6 is 24.0 Å². The Morgan fingerprint density at radius 1 is 1.14 bits per heavy atom. The van der Waals surface area contributed by atoms with E-state index in [1.165, 1.54) is 23.1 Å². The van der Waals surface area contributed by atoms with E-state index in [1.807, 2.05) is 36.4 Å². The van der Waals surface area contributed by atoms with Crippen LogP contribution in [-0.4, -0.2) is 33.5 Å². The van der Waals surface area contributed by atoms with Crippen LogP contribution in [0.2, 0.25) is 0 Å². The van der Waals surface area contributed by atoms with Crippen LogP contribution in [0.1, 0.15) is 28.8 Å². The summed E-state index contributed by atoms with van der Waals surface area (Å²) >= 11 is 6.50. The molecule has 0 unspecified atom stereocenters. The van der Waals surface area contributed by atoms with Crippen LogP contribution in [-0.2, 0) is 4.79 Å². The van der Waals surface area contributed by atoms with Gasteiger partial charge in [0.05, 0.1) is 10.9 Å². The van der Waals surface area contributed by atoms with E-state index in [0.717, 1.165) is 22.2 Å². The molecule has 0 spiro atoms. The number of thiocarbonyl (C=S) groups is 1. The predicted molar refractivity (Wildman–Crippen MR) is 115 cm³/mol. The minimum Gasteiger partial charge on any atom is -0.545 e. The monoisotopic (exact) mass is 425 g/mol. The largest absolute Gasteiger partial charge is 0.545 e. The molecule has 0 saturated carbocycles. The standard InChI is InChI=1S/C21H18N2O4S2/c24-18(22-16-9-4-8-15(13-16)20(25)26)10-5-11-23-19(28)17(29-21(23)27)12-14-6-2-1-3-7-14/h1-4,6-9,12-13H,5,10-11H2,(H,22,24)(H,25,26)/p-1/b17-12-. The molecular weight excluding hydrogens is 408 g/mol. The van der Waals surface area contributed by atoms with E-state index in [-0.39, 0.29) is 23.1 Å². The minimum atomic E-state index is -1.31. The molecule has 1 fully saturated rings. The van der Waals surface area contributed by atoms with Crippen molar-refractivity contribution in [2.24, 2.45) is 0 Å². The maximum Gasteiger partial charge on any atom is 0.291 e. The third-order valence-electron chi connectivity index (χ3n) is 4.14. The lowest BCUT2D eigenvalue weighted by atomic mass is 10.2. The molecule has 2 aromatic rings. The van der Waals surface area contributed by atoms with E-state index in [9.17, 15) is 19.5 Å². The van der Waals surface area contributed by atoms with Gasteiger partial charge in [0.15, 0.2) is 0 Å². The molecule has 0 aliphatic carbocycles. The number of carbonyl (C=O) groups excluding carboxylic acids is 3. The summed E-state index contributed by atoms with van der Waals surface area (Å²) in [4.78, 5) is 37.9. The average Bonchev–Trinajstić information content (AvgIpc) is 2.96. The highest BCUT2D eigenvalue weighted by Gasteiger charge is 2.31. The summed E-state index contributed by atoms with van der Waals surface area (Å²) in [5, 5.41) is 13.4. The van der Waals surface area contributed by atoms with Gasteiger partial charge in [-0.2, -0.15) is 0 Å². The van der Waals surface area contributed by atoms with E-state index in [2.05, 4.69) is 5.32 Å². The highest BCUT2D eigenvalue weighted by atomic mass is 32.2. The zero-order valence-electron chi connectivity index (χ0n) is 15.3. The van der Waals surface area contributed by atoms with E-state index >= 15 is 0 Å². The van der Waals surface area contributed by atoms with Gasteiger partial charge in [-0.25, -0.2) is 0 Å². The van der Waals surface area contributed by atoms with Crippen molar-refractivity contribution in [2.75, 3.05) is 11.9 Å². The van der Waals surface area contributed by atoms with Crippen LogP contribution in [0.3, 0.4) is 0 Å². The van der Waals surface area contributed by atoms with Gasteiger partial charge in [0.1, 0.15) is 4.99 Å². The third-order valence-corrected chi connectivity index (χ3v) is 5.63. The molecule has 6 nitrogen and oxygen atoms in total. The Kier molecular flexibility index (Phi) is 6.79. The highest BCUT2D eigenvalue weighted by Crippen LogP contribution is 2.33. The normalized spacial score (nSPS) is 15.0. The van der Waals surface area contributed by atoms with Gasteiger partial charge in [0, 0.05) is 18.7 Å². The van der Waals surface area contributed by atoms with Crippen molar-refractivity contribution in [3.05, 3.63) is 70.6 Å². The lowest BCUT2D eigenvalue weighted by molar-refractivity contribution is -0.255. The Labute approximate surface area is 177 Å². The summed E-state index contributed by atoms with van der Waals surface area (Å²) < 4.78 is 0. The van der Waals surface area contributed by atoms with Gasteiger partial charge >= 0.3 is 0 Å². The van der Waals surface area contributed by atoms with E-state index < -0.39 is 5.97 Å². The minimum absolute atomic E-state index is 0.00873. The number of hydrogen-bond donors (Lipinski definition) is 1. The van der Waals surface area contributed by atoms with Gasteiger partial charge in [-0.1, -0.05) is 54.7 Å². The molecular formula is C21H17N2O4S2-. The number of carboxylic acids is 1. The van der Waals surface area contributed by atoms with Gasteiger partial charge in [-0.05, 0) is 47.5 Å². The Morgan fingerprint density at radius 2 is 1.90 bits per heavy atom. The Morgan fingerprint density at radius 3 is 2.62 bits per heavy atom. The molecule has 0 atom stereocenters. The summed E-state index contributed by atoms with van der Waals surface area (Å²) in [6, 6.07) is 15.5. The van der Waals surface area contributed by atoms with Crippen LogP contribution in [0.25, 0.3) is 6.08 Å². The van der Waals surface area contributed by atoms with Gasteiger partial charge in [0.2, 0.25) is 5.91 Å². The first-order chi connectivity index (χ1) is 13.9. The summed E-state index contributed by atoms with van der Waals surface area (Å²) in [6.45, 7) is 0.337. The van der Waals surface area contributed by atoms with Gasteiger partial charge < -0.3 is 15.2 Å². The number of nitrogens with zero attached hydrogens (tertiary/aromatic N) is 1. The molecule has 1 N–H and O–H groups in total. The van der Waals surface area contributed by atoms with Crippen molar-refractivity contribution in [1.82, 2.24) is 4.90 Å². The topological polar surface area (TPSA) is 89.5 Å². The molecule has 0 radical (unpaired) electrons. The Hall–Kier alpha value is -2.97. The van der Waals surface area contributed by atoms with Crippen LogP contribution in [0.15, 0.2) is 59.5 Å². The first-order valence-corrected chi connectivity index (χ1v) is 10.1. The molecule has 3 rings (SSSR count). The number of aromatic carboxylic acids is 1. The third kappa shape index (κ3) is 5.52. The van der Waals surface area contributed by atoms with Gasteiger partial charge in [-0.15, -0.1) is 0 Å². The molecule has 1 aliphatic rings. The first-order valence-electron chi connectivity index (χ1n) is 8.86. The zero-order chi connectivity index (χ0) is 20.8. The first kappa shape index (κ1) is 20.8. The molecule has 0 bridgehead atoms. The predicted octanol–water partition coefficient (Wildman–Crippen LogP) is 3.31. The summed E-state index contributed by atoms with van der Waals surface area (Å²) in [5.74, 6) is -1.58. The fourth-order valence-corrected chi connectivity index (χ4v) is 4.03. The van der Waals surface area contributed by atoms with E-state index in [1.54, 1.807) is 6.07 Å². The van der Waals surface area contributed by atoms with Gasteiger partial charge in [0.25, 0.3) is 5.24 Å². The maximum atomic E-state index is 12.3. The fourth-order valence-electron chi connectivity index (χ4n) is 2.74. The van der Waals surface area contributed by atoms with Crippen LogP contribution in [0, 0.1) is 0 Å². The maximum absolute atomic E-state index is 12.3. The summed E-state index contributed by atoms with van der Waals surface area (Å²) in [7, 11) is 0. The summed E-state index contributed by atoms with van der Waals surface area (Å²) in [5.41, 5.74) is 1.34. The molecule has 8 heteroatoms. The van der Waals surface area contributed by atoms with Crippen molar-refractivity contribution in [1.29, 1.82) is 0 Å². The number of benzene rings is 2. The second kappa shape index (κ2) is 9.49. The Bertz CT molecular complexity index is 989. The molecule has 29 heavy (non-hydrogen) atoms. The smallest absolute Gasteiger partial charge is 0.291 e. The van der Waals surface area contributed by atoms with Crippen LogP contribution < -0.4 is 10.4 Å². The second-order valence-electron chi connectivity index (χ2n) is 6.26. The zero-order valence-corrected chi connectivity index (χ0v) is 16.9. The van der Waals surface area contributed by atoms with Crippen LogP contribution in [0.4, 0.5) is 10.5 Å². The lowest BCUT2D eigenvalue weighted by Crippen LogP contribution is -2.28. The number of nitrogens with one attached hydrogen (secondary N) is 1. The second-order valence-corrected chi connectivity index (χ2v) is 7.64. The Balaban J connectivity index is 1.52. The number of carboxylic acid groups (broad SMARTS) is 1. The molecule has 2 amide bonds. The van der Waals surface area contributed by atoms with E-state index in [0.29, 0.717) is 23.6 Å². The molecule has 0 aromatic heterocycles. The molecule has 1 heterocycles. The average molecular weight is 426 g/mol. The van der Waals surface area contributed by atoms with Gasteiger partial charge in [-0.3, -0.25) is 14.5 Å². The number of amides is 2. The fraction of sp³-hybridized carbons (Fsp3) is 0.143. The number of anilines is 1. The van der Waals surface area contributed by atoms with Crippen molar-refractivity contribution < 1.29 is 19.5 Å². The van der Waals surface area contributed by atoms with Crippen LogP contribution in [0.5, 0.6) is 0 Å². The van der Waals surface area contributed by atoms with Crippen molar-refractivity contribution in [3.63, 3.8) is 0 Å². The molecule has 1 saturated heterocycles. The number of carbonyl (C=O) groups is 3. The van der Waals surface area contributed by atoms with E-state index in [4.69, 9.17) is 12.2 Å². The summed E-state index contributed by atoms with van der Waals surface area (Å²) in [6.07, 6.45) is 2.48. The highest BCUT2D eigenvalue weighted by molar-refractivity contribution is 8.19. The molecule has 1 aliphatic heterocycles. The molecule has 148 valence electrons. The number of thioether (sulfide) groups is 1. The van der Waals surface area contributed by atoms with Crippen molar-refractivity contribution in [2.45, 2.75) is 12.8 Å². The molecule has 2 aromatic carbocycles. The number of hydrogen-bond acceptors (Lipinski definition) is 6. The van der Waals surface area contributed by atoms with Crippen molar-refractivity contribution >= 4 is 57.8 Å².